The van der Waals surface area contributed by atoms with Crippen molar-refractivity contribution >= 4 is 33.9 Å². The van der Waals surface area contributed by atoms with Crippen molar-refractivity contribution in [2.75, 3.05) is 13.2 Å². The normalized spacial score (nSPS) is 14.0. The second-order valence-electron chi connectivity index (χ2n) is 5.70. The summed E-state index contributed by atoms with van der Waals surface area (Å²) in [6.45, 7) is 5.59. The molecule has 1 aliphatic rings. The molecule has 7 heteroatoms. The molecular weight excluding hydrogens is 330 g/mol. The lowest BCUT2D eigenvalue weighted by Gasteiger charge is -2.07. The molecule has 0 bridgehead atoms. The van der Waals surface area contributed by atoms with E-state index in [0.29, 0.717) is 4.83 Å². The van der Waals surface area contributed by atoms with Crippen LogP contribution in [-0.4, -0.2) is 35.3 Å². The van der Waals surface area contributed by atoms with Crippen LogP contribution in [0.2, 0.25) is 0 Å². The Kier molecular flexibility index (Phi) is 4.45. The predicted molar refractivity (Wildman–Crippen MR) is 89.0 cm³/mol. The summed E-state index contributed by atoms with van der Waals surface area (Å²) < 4.78 is 11.9. The van der Waals surface area contributed by atoms with Crippen LogP contribution < -0.4 is 0 Å². The van der Waals surface area contributed by atoms with Gasteiger partial charge in [-0.2, -0.15) is 0 Å². The first-order chi connectivity index (χ1) is 11.5. The molecule has 0 N–H and O–H groups in total. The molecule has 0 atom stereocenters. The fourth-order valence-electron chi connectivity index (χ4n) is 2.76. The van der Waals surface area contributed by atoms with Crippen LogP contribution in [0.5, 0.6) is 0 Å². The lowest BCUT2D eigenvalue weighted by molar-refractivity contribution is 0.0480. The molecule has 0 spiro atoms. The van der Waals surface area contributed by atoms with Gasteiger partial charge < -0.3 is 13.9 Å². The average molecular weight is 349 g/mol. The number of thiazole rings is 1. The van der Waals surface area contributed by atoms with Crippen LogP contribution >= 0.6 is 11.3 Å². The molecule has 0 aromatic carbocycles. The van der Waals surface area contributed by atoms with E-state index in [1.54, 1.807) is 18.2 Å². The molecule has 0 unspecified atom stereocenters. The van der Waals surface area contributed by atoms with E-state index in [4.69, 9.17) is 9.47 Å². The molecule has 0 saturated heterocycles. The zero-order valence-corrected chi connectivity index (χ0v) is 14.7. The summed E-state index contributed by atoms with van der Waals surface area (Å²) in [5, 5.41) is 1.86. The number of Topliss-reactive ketones (excluding diaryl/α,β-unsaturated/α-hetero) is 1. The van der Waals surface area contributed by atoms with E-state index in [2.05, 4.69) is 0 Å². The van der Waals surface area contributed by atoms with Gasteiger partial charge in [0.2, 0.25) is 0 Å². The molecule has 24 heavy (non-hydrogen) atoms. The first-order valence-electron chi connectivity index (χ1n) is 8.02. The highest BCUT2D eigenvalue weighted by atomic mass is 32.1. The summed E-state index contributed by atoms with van der Waals surface area (Å²) in [6.07, 6.45) is 1.62. The van der Waals surface area contributed by atoms with Crippen molar-refractivity contribution in [2.24, 2.45) is 5.92 Å². The maximum Gasteiger partial charge on any atom is 0.342 e. The molecule has 0 aliphatic heterocycles. The molecule has 1 fully saturated rings. The van der Waals surface area contributed by atoms with Gasteiger partial charge in [0.25, 0.3) is 0 Å². The van der Waals surface area contributed by atoms with Gasteiger partial charge in [0.05, 0.1) is 13.2 Å². The van der Waals surface area contributed by atoms with Gasteiger partial charge in [0.1, 0.15) is 21.7 Å². The number of rotatable bonds is 6. The SMILES string of the molecule is CCOC(=O)c1c(C(=O)OCC)c2scc(C)n2c1C(=O)C1CC1. The number of carbonyl (C=O) groups excluding carboxylic acids is 3. The summed E-state index contributed by atoms with van der Waals surface area (Å²) in [4.78, 5) is 38.4. The third kappa shape index (κ3) is 2.62. The van der Waals surface area contributed by atoms with E-state index >= 15 is 0 Å². The third-order valence-electron chi connectivity index (χ3n) is 3.96. The van der Waals surface area contributed by atoms with Crippen molar-refractivity contribution in [1.29, 1.82) is 0 Å². The highest BCUT2D eigenvalue weighted by Gasteiger charge is 2.39. The van der Waals surface area contributed by atoms with Gasteiger partial charge in [0.15, 0.2) is 5.78 Å². The Labute approximate surface area is 143 Å². The van der Waals surface area contributed by atoms with Crippen LogP contribution in [0.4, 0.5) is 0 Å². The fourth-order valence-corrected chi connectivity index (χ4v) is 3.79. The summed E-state index contributed by atoms with van der Waals surface area (Å²) in [5.74, 6) is -1.44. The second kappa shape index (κ2) is 6.39. The number of hydrogen-bond acceptors (Lipinski definition) is 6. The van der Waals surface area contributed by atoms with E-state index in [0.717, 1.165) is 18.5 Å². The minimum atomic E-state index is -0.653. The fraction of sp³-hybridized carbons (Fsp3) is 0.471. The summed E-state index contributed by atoms with van der Waals surface area (Å²) >= 11 is 1.32. The number of nitrogens with zero attached hydrogens (tertiary/aromatic N) is 1. The van der Waals surface area contributed by atoms with Crippen LogP contribution in [0.15, 0.2) is 5.38 Å². The van der Waals surface area contributed by atoms with Gasteiger partial charge in [-0.3, -0.25) is 4.79 Å². The van der Waals surface area contributed by atoms with Crippen molar-refractivity contribution in [1.82, 2.24) is 4.40 Å². The Morgan fingerprint density at radius 3 is 2.25 bits per heavy atom. The molecule has 0 radical (unpaired) electrons. The summed E-state index contributed by atoms with van der Waals surface area (Å²) in [5.41, 5.74) is 1.24. The lowest BCUT2D eigenvalue weighted by atomic mass is 10.1. The number of ketones is 1. The van der Waals surface area contributed by atoms with Crippen molar-refractivity contribution < 1.29 is 23.9 Å². The minimum Gasteiger partial charge on any atom is -0.462 e. The third-order valence-corrected chi connectivity index (χ3v) is 5.03. The topological polar surface area (TPSA) is 74.1 Å². The summed E-state index contributed by atoms with van der Waals surface area (Å²) in [7, 11) is 0. The van der Waals surface area contributed by atoms with Crippen LogP contribution in [0.3, 0.4) is 0 Å². The molecule has 1 aliphatic carbocycles. The number of hydrogen-bond donors (Lipinski definition) is 0. The first-order valence-corrected chi connectivity index (χ1v) is 8.90. The van der Waals surface area contributed by atoms with Gasteiger partial charge in [-0.15, -0.1) is 11.3 Å². The van der Waals surface area contributed by atoms with Gasteiger partial charge in [-0.1, -0.05) is 0 Å². The van der Waals surface area contributed by atoms with Crippen molar-refractivity contribution in [2.45, 2.75) is 33.6 Å². The van der Waals surface area contributed by atoms with E-state index in [1.807, 2.05) is 12.3 Å². The monoisotopic (exact) mass is 349 g/mol. The van der Waals surface area contributed by atoms with Crippen LogP contribution in [0, 0.1) is 12.8 Å². The maximum atomic E-state index is 12.8. The molecular formula is C17H19NO5S. The standard InChI is InChI=1S/C17H19NO5S/c1-4-22-16(20)11-12(17(21)23-5-2)15-18(9(3)8-24-15)13(11)14(19)10-6-7-10/h8,10H,4-7H2,1-3H3. The van der Waals surface area contributed by atoms with Gasteiger partial charge in [-0.05, 0) is 33.6 Å². The molecule has 0 amide bonds. The summed E-state index contributed by atoms with van der Waals surface area (Å²) in [6, 6.07) is 0. The number of esters is 2. The van der Waals surface area contributed by atoms with E-state index in [-0.39, 0.29) is 41.7 Å². The highest BCUT2D eigenvalue weighted by Crippen LogP contribution is 2.38. The smallest absolute Gasteiger partial charge is 0.342 e. The van der Waals surface area contributed by atoms with Crippen LogP contribution in [0.1, 0.15) is 63.6 Å². The highest BCUT2D eigenvalue weighted by molar-refractivity contribution is 7.16. The number of aryl methyl sites for hydroxylation is 1. The van der Waals surface area contributed by atoms with Crippen LogP contribution in [0.25, 0.3) is 4.83 Å². The van der Waals surface area contributed by atoms with Gasteiger partial charge in [0, 0.05) is 17.0 Å². The number of aromatic nitrogens is 1. The largest absolute Gasteiger partial charge is 0.462 e. The van der Waals surface area contributed by atoms with Crippen molar-refractivity contribution in [3.63, 3.8) is 0 Å². The average Bonchev–Trinajstić information content (AvgIpc) is 3.24. The molecule has 128 valence electrons. The number of ether oxygens (including phenoxy) is 2. The zero-order chi connectivity index (χ0) is 17.4. The Morgan fingerprint density at radius 2 is 1.71 bits per heavy atom. The Balaban J connectivity index is 2.30. The first kappa shape index (κ1) is 16.7. The molecule has 3 rings (SSSR count). The van der Waals surface area contributed by atoms with Crippen LogP contribution in [-0.2, 0) is 9.47 Å². The number of carbonyl (C=O) groups is 3. The zero-order valence-electron chi connectivity index (χ0n) is 13.9. The van der Waals surface area contributed by atoms with Gasteiger partial charge >= 0.3 is 11.9 Å². The van der Waals surface area contributed by atoms with Gasteiger partial charge in [-0.25, -0.2) is 9.59 Å². The molecule has 6 nitrogen and oxygen atoms in total. The predicted octanol–water partition coefficient (Wildman–Crippen LogP) is 3.26. The molecule has 1 saturated carbocycles. The van der Waals surface area contributed by atoms with Crippen molar-refractivity contribution in [3.8, 4) is 0 Å². The minimum absolute atomic E-state index is 0.0437. The molecule has 2 heterocycles. The van der Waals surface area contributed by atoms with E-state index in [9.17, 15) is 14.4 Å². The second-order valence-corrected chi connectivity index (χ2v) is 6.55. The Bertz CT molecular complexity index is 828. The van der Waals surface area contributed by atoms with E-state index < -0.39 is 11.9 Å². The van der Waals surface area contributed by atoms with Crippen molar-refractivity contribution in [3.05, 3.63) is 27.9 Å². The molecule has 2 aromatic heterocycles. The molecule has 2 aromatic rings. The Morgan fingerprint density at radius 1 is 1.12 bits per heavy atom. The quantitative estimate of drug-likeness (QED) is 0.591. The number of fused-ring (bicyclic) bond motifs is 1. The maximum absolute atomic E-state index is 12.8. The van der Waals surface area contributed by atoms with E-state index in [1.165, 1.54) is 11.3 Å². The lowest BCUT2D eigenvalue weighted by Crippen LogP contribution is -2.17. The Hall–Kier alpha value is -2.15.